The van der Waals surface area contributed by atoms with Crippen LogP contribution in [0.3, 0.4) is 0 Å². The summed E-state index contributed by atoms with van der Waals surface area (Å²) >= 11 is 0. The number of carboxylic acids is 2. The minimum absolute atomic E-state index is 0.0350. The first kappa shape index (κ1) is 16.0. The van der Waals surface area contributed by atoms with E-state index in [4.69, 9.17) is 0 Å². The molecule has 1 aliphatic rings. The molecule has 4 nitrogen and oxygen atoms in total. The molecular weight excluding hydrogens is 244 g/mol. The van der Waals surface area contributed by atoms with Crippen LogP contribution in [0.25, 0.3) is 0 Å². The van der Waals surface area contributed by atoms with Gasteiger partial charge in [0.25, 0.3) is 0 Å². The van der Waals surface area contributed by atoms with E-state index in [1.807, 2.05) is 27.7 Å². The smallest absolute Gasteiger partial charge is 0.318 e. The summed E-state index contributed by atoms with van der Waals surface area (Å²) in [7, 11) is 0. The van der Waals surface area contributed by atoms with E-state index in [2.05, 4.69) is 0 Å². The van der Waals surface area contributed by atoms with E-state index in [9.17, 15) is 19.8 Å². The third-order valence-electron chi connectivity index (χ3n) is 5.06. The van der Waals surface area contributed by atoms with Gasteiger partial charge in [0.05, 0.1) is 0 Å². The van der Waals surface area contributed by atoms with Crippen molar-refractivity contribution in [1.82, 2.24) is 0 Å². The largest absolute Gasteiger partial charge is 0.481 e. The second kappa shape index (κ2) is 5.93. The van der Waals surface area contributed by atoms with Gasteiger partial charge in [0.2, 0.25) is 0 Å². The molecule has 1 fully saturated rings. The van der Waals surface area contributed by atoms with E-state index < -0.39 is 23.3 Å². The Morgan fingerprint density at radius 2 is 1.32 bits per heavy atom. The molecule has 0 aliphatic heterocycles. The molecule has 1 saturated carbocycles. The average Bonchev–Trinajstić information content (AvgIpc) is 2.76. The highest BCUT2D eigenvalue weighted by Gasteiger charge is 2.56. The van der Waals surface area contributed by atoms with Crippen molar-refractivity contribution in [1.29, 1.82) is 0 Å². The van der Waals surface area contributed by atoms with Crippen molar-refractivity contribution < 1.29 is 19.8 Å². The van der Waals surface area contributed by atoms with Crippen molar-refractivity contribution >= 4 is 11.9 Å². The predicted molar refractivity (Wildman–Crippen MR) is 72.8 cm³/mol. The Labute approximate surface area is 115 Å². The number of aliphatic carboxylic acids is 2. The molecule has 4 heteroatoms. The van der Waals surface area contributed by atoms with E-state index in [0.29, 0.717) is 0 Å². The van der Waals surface area contributed by atoms with Crippen LogP contribution in [0.5, 0.6) is 0 Å². The Hall–Kier alpha value is -1.06. The summed E-state index contributed by atoms with van der Waals surface area (Å²) in [6.45, 7) is 7.88. The van der Waals surface area contributed by atoms with Gasteiger partial charge in [-0.1, -0.05) is 40.5 Å². The maximum absolute atomic E-state index is 11.6. The minimum Gasteiger partial charge on any atom is -0.481 e. The maximum atomic E-state index is 11.6. The van der Waals surface area contributed by atoms with Crippen LogP contribution in [0.15, 0.2) is 0 Å². The van der Waals surface area contributed by atoms with Crippen molar-refractivity contribution in [2.24, 2.45) is 29.1 Å². The molecule has 0 saturated heterocycles. The zero-order chi connectivity index (χ0) is 14.8. The van der Waals surface area contributed by atoms with Gasteiger partial charge < -0.3 is 10.2 Å². The molecule has 2 N–H and O–H groups in total. The average molecular weight is 270 g/mol. The highest BCUT2D eigenvalue weighted by Crippen LogP contribution is 2.54. The number of rotatable bonds is 6. The van der Waals surface area contributed by atoms with Gasteiger partial charge in [-0.05, 0) is 30.6 Å². The lowest BCUT2D eigenvalue weighted by Crippen LogP contribution is -2.52. The first-order chi connectivity index (χ1) is 8.76. The number of hydrogen-bond donors (Lipinski definition) is 2. The summed E-state index contributed by atoms with van der Waals surface area (Å²) < 4.78 is 0. The molecule has 0 spiro atoms. The summed E-state index contributed by atoms with van der Waals surface area (Å²) in [4.78, 5) is 23.1. The van der Waals surface area contributed by atoms with Crippen LogP contribution in [0.1, 0.15) is 53.4 Å². The third-order valence-corrected chi connectivity index (χ3v) is 5.06. The van der Waals surface area contributed by atoms with Gasteiger partial charge in [0.1, 0.15) is 0 Å². The SMILES string of the molecule is CC(C)C(C(C)C)(C1CCCC1)C(C(=O)O)C(=O)O. The second-order valence-corrected chi connectivity index (χ2v) is 6.40. The van der Waals surface area contributed by atoms with Gasteiger partial charge in [-0.15, -0.1) is 0 Å². The zero-order valence-corrected chi connectivity index (χ0v) is 12.3. The summed E-state index contributed by atoms with van der Waals surface area (Å²) in [5.41, 5.74) is -0.659. The Balaban J connectivity index is 3.36. The molecule has 0 atom stereocenters. The topological polar surface area (TPSA) is 74.6 Å². The van der Waals surface area contributed by atoms with Crippen molar-refractivity contribution in [2.75, 3.05) is 0 Å². The summed E-state index contributed by atoms with van der Waals surface area (Å²) in [6, 6.07) is 0. The molecule has 0 aromatic rings. The van der Waals surface area contributed by atoms with E-state index in [-0.39, 0.29) is 17.8 Å². The molecular formula is C15H26O4. The van der Waals surface area contributed by atoms with E-state index in [1.165, 1.54) is 0 Å². The molecule has 0 bridgehead atoms. The van der Waals surface area contributed by atoms with Gasteiger partial charge in [-0.3, -0.25) is 9.59 Å². The van der Waals surface area contributed by atoms with Gasteiger partial charge in [0.15, 0.2) is 5.92 Å². The molecule has 1 aliphatic carbocycles. The van der Waals surface area contributed by atoms with Gasteiger partial charge >= 0.3 is 11.9 Å². The number of carbonyl (C=O) groups is 2. The number of hydrogen-bond acceptors (Lipinski definition) is 2. The fraction of sp³-hybridized carbons (Fsp3) is 0.867. The summed E-state index contributed by atoms with van der Waals surface area (Å²) in [5.74, 6) is -3.43. The van der Waals surface area contributed by atoms with Crippen LogP contribution in [0.2, 0.25) is 0 Å². The van der Waals surface area contributed by atoms with Crippen molar-refractivity contribution in [3.63, 3.8) is 0 Å². The van der Waals surface area contributed by atoms with Crippen LogP contribution in [0, 0.1) is 29.1 Å². The highest BCUT2D eigenvalue weighted by atomic mass is 16.4. The molecule has 0 amide bonds. The monoisotopic (exact) mass is 270 g/mol. The van der Waals surface area contributed by atoms with Crippen molar-refractivity contribution in [3.05, 3.63) is 0 Å². The van der Waals surface area contributed by atoms with Crippen LogP contribution >= 0.6 is 0 Å². The first-order valence-electron chi connectivity index (χ1n) is 7.21. The Bertz CT molecular complexity index is 318. The number of carboxylic acid groups (broad SMARTS) is 2. The molecule has 0 unspecified atom stereocenters. The molecule has 1 rings (SSSR count). The fourth-order valence-electron chi connectivity index (χ4n) is 4.47. The molecule has 19 heavy (non-hydrogen) atoms. The van der Waals surface area contributed by atoms with Crippen molar-refractivity contribution in [3.8, 4) is 0 Å². The summed E-state index contributed by atoms with van der Waals surface area (Å²) in [5, 5.41) is 18.9. The van der Waals surface area contributed by atoms with E-state index in [1.54, 1.807) is 0 Å². The molecule has 110 valence electrons. The minimum atomic E-state index is -1.31. The van der Waals surface area contributed by atoms with Crippen LogP contribution in [-0.2, 0) is 9.59 Å². The molecule has 0 aromatic carbocycles. The maximum Gasteiger partial charge on any atom is 0.318 e. The van der Waals surface area contributed by atoms with Crippen molar-refractivity contribution in [2.45, 2.75) is 53.4 Å². The molecule has 0 aromatic heterocycles. The Morgan fingerprint density at radius 3 is 1.58 bits per heavy atom. The second-order valence-electron chi connectivity index (χ2n) is 6.40. The zero-order valence-electron chi connectivity index (χ0n) is 12.3. The standard InChI is InChI=1S/C15H26O4/c1-9(2)15(10(3)4,11-7-5-6-8-11)12(13(16)17)14(18)19/h9-12H,5-8H2,1-4H3,(H,16,17)(H,18,19). The lowest BCUT2D eigenvalue weighted by atomic mass is 9.54. The summed E-state index contributed by atoms with van der Waals surface area (Å²) in [6.07, 6.45) is 4.07. The third kappa shape index (κ3) is 2.63. The van der Waals surface area contributed by atoms with Gasteiger partial charge in [0, 0.05) is 5.41 Å². The van der Waals surface area contributed by atoms with Gasteiger partial charge in [-0.2, -0.15) is 0 Å². The first-order valence-corrected chi connectivity index (χ1v) is 7.21. The predicted octanol–water partition coefficient (Wildman–Crippen LogP) is 3.26. The quantitative estimate of drug-likeness (QED) is 0.726. The highest BCUT2D eigenvalue weighted by molar-refractivity contribution is 5.94. The van der Waals surface area contributed by atoms with Crippen LogP contribution < -0.4 is 0 Å². The lowest BCUT2D eigenvalue weighted by molar-refractivity contribution is -0.171. The van der Waals surface area contributed by atoms with Crippen LogP contribution in [-0.4, -0.2) is 22.2 Å². The normalized spacial score (nSPS) is 17.6. The van der Waals surface area contributed by atoms with Crippen LogP contribution in [0.4, 0.5) is 0 Å². The Morgan fingerprint density at radius 1 is 0.947 bits per heavy atom. The molecule has 0 radical (unpaired) electrons. The lowest BCUT2D eigenvalue weighted by Gasteiger charge is -2.48. The van der Waals surface area contributed by atoms with E-state index >= 15 is 0 Å². The van der Waals surface area contributed by atoms with E-state index in [0.717, 1.165) is 25.7 Å². The molecule has 0 heterocycles. The Kier molecular flexibility index (Phi) is 4.99. The van der Waals surface area contributed by atoms with Gasteiger partial charge in [-0.25, -0.2) is 0 Å². The fourth-order valence-corrected chi connectivity index (χ4v) is 4.47.